The maximum atomic E-state index is 13.2. The van der Waals surface area contributed by atoms with Gasteiger partial charge in [-0.2, -0.15) is 0 Å². The van der Waals surface area contributed by atoms with E-state index in [4.69, 9.17) is 9.47 Å². The van der Waals surface area contributed by atoms with Crippen molar-refractivity contribution in [3.8, 4) is 11.5 Å². The molecule has 2 saturated heterocycles. The van der Waals surface area contributed by atoms with Crippen molar-refractivity contribution in [2.45, 2.75) is 6.04 Å². The Balaban J connectivity index is 1.06. The number of fused-ring (bicyclic) bond motifs is 1. The van der Waals surface area contributed by atoms with Gasteiger partial charge in [0, 0.05) is 44.8 Å². The Morgan fingerprint density at radius 3 is 1.97 bits per heavy atom. The van der Waals surface area contributed by atoms with E-state index in [1.807, 2.05) is 17.0 Å². The first-order valence-corrected chi connectivity index (χ1v) is 12.5. The zero-order chi connectivity index (χ0) is 24.5. The topological polar surface area (TPSA) is 62.3 Å². The number of carbonyl (C=O) groups is 2. The van der Waals surface area contributed by atoms with E-state index in [0.717, 1.165) is 13.1 Å². The van der Waals surface area contributed by atoms with E-state index in [9.17, 15) is 9.59 Å². The van der Waals surface area contributed by atoms with Gasteiger partial charge in [0.15, 0.2) is 11.5 Å². The minimum atomic E-state index is -0.131. The molecule has 0 N–H and O–H groups in total. The van der Waals surface area contributed by atoms with Crippen molar-refractivity contribution in [3.05, 3.63) is 95.6 Å². The molecule has 2 amide bonds. The van der Waals surface area contributed by atoms with Crippen LogP contribution in [0.1, 0.15) is 27.5 Å². The van der Waals surface area contributed by atoms with Crippen LogP contribution < -0.4 is 9.47 Å². The zero-order valence-electron chi connectivity index (χ0n) is 20.1. The number of rotatable bonds is 5. The smallest absolute Gasteiger partial charge is 0.254 e. The second-order valence-corrected chi connectivity index (χ2v) is 9.56. The van der Waals surface area contributed by atoms with Crippen LogP contribution >= 0.6 is 0 Å². The van der Waals surface area contributed by atoms with Crippen molar-refractivity contribution in [1.29, 1.82) is 0 Å². The Morgan fingerprint density at radius 1 is 0.722 bits per heavy atom. The maximum Gasteiger partial charge on any atom is 0.254 e. The molecule has 7 heteroatoms. The summed E-state index contributed by atoms with van der Waals surface area (Å²) < 4.78 is 10.7. The number of amides is 2. The lowest BCUT2D eigenvalue weighted by Crippen LogP contribution is -2.59. The Morgan fingerprint density at radius 2 is 1.33 bits per heavy atom. The van der Waals surface area contributed by atoms with Crippen molar-refractivity contribution < 1.29 is 19.1 Å². The van der Waals surface area contributed by atoms with Gasteiger partial charge in [-0.1, -0.05) is 60.7 Å². The van der Waals surface area contributed by atoms with Crippen LogP contribution in [0.2, 0.25) is 0 Å². The van der Waals surface area contributed by atoms with Crippen LogP contribution in [0.5, 0.6) is 11.5 Å². The van der Waals surface area contributed by atoms with Crippen LogP contribution in [0.15, 0.2) is 78.9 Å². The highest BCUT2D eigenvalue weighted by Crippen LogP contribution is 2.34. The second kappa shape index (κ2) is 9.66. The average Bonchev–Trinajstić information content (AvgIpc) is 3.38. The highest BCUT2D eigenvalue weighted by atomic mass is 16.7. The van der Waals surface area contributed by atoms with Crippen molar-refractivity contribution in [3.63, 3.8) is 0 Å². The fourth-order valence-corrected chi connectivity index (χ4v) is 5.36. The second-order valence-electron chi connectivity index (χ2n) is 9.56. The lowest BCUT2D eigenvalue weighted by Gasteiger charge is -2.44. The molecule has 3 aromatic rings. The van der Waals surface area contributed by atoms with Gasteiger partial charge >= 0.3 is 0 Å². The third-order valence-electron chi connectivity index (χ3n) is 7.36. The standard InChI is InChI=1S/C29H29N3O4/c33-28(23-11-12-25-26(17-23)36-20-35-25)32-18-24(19-32)29(34)31-15-13-30(14-16-31)27(21-7-3-1-4-8-21)22-9-5-2-6-10-22/h1-12,17,24,27H,13-16,18-20H2. The first-order chi connectivity index (χ1) is 17.7. The molecule has 0 radical (unpaired) electrons. The quantitative estimate of drug-likeness (QED) is 0.557. The van der Waals surface area contributed by atoms with Crippen LogP contribution in [0, 0.1) is 5.92 Å². The zero-order valence-corrected chi connectivity index (χ0v) is 20.1. The number of nitrogens with zero attached hydrogens (tertiary/aromatic N) is 3. The number of ether oxygens (including phenoxy) is 2. The molecule has 0 atom stereocenters. The van der Waals surface area contributed by atoms with E-state index >= 15 is 0 Å². The lowest BCUT2D eigenvalue weighted by atomic mass is 9.95. The predicted octanol–water partition coefficient (Wildman–Crippen LogP) is 3.42. The Bertz CT molecular complexity index is 1200. The van der Waals surface area contributed by atoms with Gasteiger partial charge in [0.05, 0.1) is 12.0 Å². The van der Waals surface area contributed by atoms with Gasteiger partial charge in [0.2, 0.25) is 12.7 Å². The first kappa shape index (κ1) is 22.6. The Kier molecular flexibility index (Phi) is 6.07. The van der Waals surface area contributed by atoms with E-state index in [-0.39, 0.29) is 30.6 Å². The molecule has 0 aliphatic carbocycles. The maximum absolute atomic E-state index is 13.2. The highest BCUT2D eigenvalue weighted by Gasteiger charge is 2.39. The summed E-state index contributed by atoms with van der Waals surface area (Å²) in [6.07, 6.45) is 0. The number of piperazine rings is 1. The molecular weight excluding hydrogens is 454 g/mol. The van der Waals surface area contributed by atoms with E-state index in [0.29, 0.717) is 43.2 Å². The molecular formula is C29H29N3O4. The Hall–Kier alpha value is -3.84. The normalized spacial score (nSPS) is 17.8. The SMILES string of the molecule is O=C(c1ccc2c(c1)OCO2)N1CC(C(=O)N2CCN(C(c3ccccc3)c3ccccc3)CC2)C1. The fraction of sp³-hybridized carbons (Fsp3) is 0.310. The van der Waals surface area contributed by atoms with Gasteiger partial charge in [-0.3, -0.25) is 14.5 Å². The minimum absolute atomic E-state index is 0.0734. The summed E-state index contributed by atoms with van der Waals surface area (Å²) in [4.78, 5) is 32.2. The molecule has 2 fully saturated rings. The molecule has 3 heterocycles. The predicted molar refractivity (Wildman–Crippen MR) is 135 cm³/mol. The molecule has 0 saturated carbocycles. The van der Waals surface area contributed by atoms with Crippen molar-refractivity contribution in [1.82, 2.24) is 14.7 Å². The van der Waals surface area contributed by atoms with Crippen LogP contribution in [0.25, 0.3) is 0 Å². The summed E-state index contributed by atoms with van der Waals surface area (Å²) in [5.41, 5.74) is 3.09. The largest absolute Gasteiger partial charge is 0.454 e. The van der Waals surface area contributed by atoms with Gasteiger partial charge in [-0.15, -0.1) is 0 Å². The molecule has 0 unspecified atom stereocenters. The minimum Gasteiger partial charge on any atom is -0.454 e. The fourth-order valence-electron chi connectivity index (χ4n) is 5.36. The number of likely N-dealkylation sites (tertiary alicyclic amines) is 1. The summed E-state index contributed by atoms with van der Waals surface area (Å²) in [7, 11) is 0. The molecule has 184 valence electrons. The van der Waals surface area contributed by atoms with Gasteiger partial charge in [-0.05, 0) is 29.3 Å². The molecule has 0 aromatic heterocycles. The van der Waals surface area contributed by atoms with Gasteiger partial charge in [0.1, 0.15) is 0 Å². The van der Waals surface area contributed by atoms with E-state index in [1.165, 1.54) is 11.1 Å². The van der Waals surface area contributed by atoms with Crippen molar-refractivity contribution in [2.24, 2.45) is 5.92 Å². The summed E-state index contributed by atoms with van der Waals surface area (Å²) >= 11 is 0. The molecule has 36 heavy (non-hydrogen) atoms. The lowest BCUT2D eigenvalue weighted by molar-refractivity contribution is -0.141. The van der Waals surface area contributed by atoms with E-state index in [1.54, 1.807) is 23.1 Å². The Labute approximate surface area is 210 Å². The third-order valence-corrected chi connectivity index (χ3v) is 7.36. The average molecular weight is 484 g/mol. The van der Waals surface area contributed by atoms with Crippen molar-refractivity contribution in [2.75, 3.05) is 46.1 Å². The molecule has 3 aliphatic rings. The molecule has 0 bridgehead atoms. The monoisotopic (exact) mass is 483 g/mol. The van der Waals surface area contributed by atoms with Crippen LogP contribution in [-0.2, 0) is 4.79 Å². The van der Waals surface area contributed by atoms with Crippen LogP contribution in [0.4, 0.5) is 0 Å². The van der Waals surface area contributed by atoms with Gasteiger partial charge in [0.25, 0.3) is 5.91 Å². The van der Waals surface area contributed by atoms with Crippen LogP contribution in [0.3, 0.4) is 0 Å². The number of carbonyl (C=O) groups excluding carboxylic acids is 2. The van der Waals surface area contributed by atoms with Crippen LogP contribution in [-0.4, -0.2) is 72.6 Å². The molecule has 0 spiro atoms. The van der Waals surface area contributed by atoms with E-state index in [2.05, 4.69) is 53.4 Å². The molecule has 7 nitrogen and oxygen atoms in total. The molecule has 3 aromatic carbocycles. The molecule has 3 aliphatic heterocycles. The summed E-state index contributed by atoms with van der Waals surface area (Å²) in [5.74, 6) is 1.20. The number of hydrogen-bond donors (Lipinski definition) is 0. The summed E-state index contributed by atoms with van der Waals surface area (Å²) in [5, 5.41) is 0. The van der Waals surface area contributed by atoms with Gasteiger partial charge in [-0.25, -0.2) is 0 Å². The number of hydrogen-bond acceptors (Lipinski definition) is 5. The van der Waals surface area contributed by atoms with Gasteiger partial charge < -0.3 is 19.3 Å². The summed E-state index contributed by atoms with van der Waals surface area (Å²) in [6, 6.07) is 26.5. The number of benzene rings is 3. The molecule has 6 rings (SSSR count). The van der Waals surface area contributed by atoms with Crippen molar-refractivity contribution >= 4 is 11.8 Å². The summed E-state index contributed by atoms with van der Waals surface area (Å²) in [6.45, 7) is 4.12. The van der Waals surface area contributed by atoms with E-state index < -0.39 is 0 Å². The third kappa shape index (κ3) is 4.31. The highest BCUT2D eigenvalue weighted by molar-refractivity contribution is 5.96. The first-order valence-electron chi connectivity index (χ1n) is 12.5.